The molecule has 4 atom stereocenters. The van der Waals surface area contributed by atoms with Crippen molar-refractivity contribution < 1.29 is 44.4 Å². The highest BCUT2D eigenvalue weighted by Crippen LogP contribution is 2.12. The predicted molar refractivity (Wildman–Crippen MR) is 137 cm³/mol. The molecular weight excluding hydrogens is 518 g/mol. The number of aliphatic imine (C=N–C) groups is 1. The van der Waals surface area contributed by atoms with Gasteiger partial charge in [0.2, 0.25) is 17.7 Å². The van der Waals surface area contributed by atoms with E-state index in [4.69, 9.17) is 27.4 Å². The number of phenols is 1. The van der Waals surface area contributed by atoms with Gasteiger partial charge in [-0.05, 0) is 37.0 Å². The number of aliphatic hydroxyl groups excluding tert-OH is 1. The summed E-state index contributed by atoms with van der Waals surface area (Å²) in [5.74, 6) is -5.58. The number of aliphatic carboxylic acids is 2. The normalized spacial score (nSPS) is 13.7. The van der Waals surface area contributed by atoms with Crippen molar-refractivity contribution in [3.63, 3.8) is 0 Å². The van der Waals surface area contributed by atoms with Crippen molar-refractivity contribution >= 4 is 35.6 Å². The largest absolute Gasteiger partial charge is 0.508 e. The fourth-order valence-corrected chi connectivity index (χ4v) is 3.28. The van der Waals surface area contributed by atoms with Crippen molar-refractivity contribution in [2.45, 2.75) is 56.3 Å². The van der Waals surface area contributed by atoms with E-state index in [1.165, 1.54) is 24.3 Å². The lowest BCUT2D eigenvalue weighted by Gasteiger charge is -2.25. The van der Waals surface area contributed by atoms with Crippen LogP contribution in [0, 0.1) is 0 Å². The Labute approximate surface area is 223 Å². The van der Waals surface area contributed by atoms with Crippen LogP contribution >= 0.6 is 0 Å². The Morgan fingerprint density at radius 1 is 0.846 bits per heavy atom. The molecule has 0 fully saturated rings. The lowest BCUT2D eigenvalue weighted by molar-refractivity contribution is -0.143. The number of amides is 3. The van der Waals surface area contributed by atoms with Gasteiger partial charge in [-0.1, -0.05) is 12.1 Å². The summed E-state index contributed by atoms with van der Waals surface area (Å²) in [5, 5.41) is 44.2. The zero-order valence-corrected chi connectivity index (χ0v) is 21.1. The van der Waals surface area contributed by atoms with E-state index in [2.05, 4.69) is 20.9 Å². The van der Waals surface area contributed by atoms with Crippen molar-refractivity contribution in [2.24, 2.45) is 22.2 Å². The van der Waals surface area contributed by atoms with E-state index in [9.17, 15) is 34.2 Å². The molecule has 0 aliphatic heterocycles. The van der Waals surface area contributed by atoms with E-state index in [-0.39, 0.29) is 43.9 Å². The number of hydrogen-bond acceptors (Lipinski definition) is 9. The predicted octanol–water partition coefficient (Wildman–Crippen LogP) is -3.29. The minimum absolute atomic E-state index is 0.0155. The van der Waals surface area contributed by atoms with Crippen LogP contribution in [0.1, 0.15) is 31.2 Å². The van der Waals surface area contributed by atoms with Crippen LogP contribution in [-0.4, -0.2) is 93.4 Å². The lowest BCUT2D eigenvalue weighted by atomic mass is 10.0. The van der Waals surface area contributed by atoms with Crippen LogP contribution < -0.4 is 33.2 Å². The van der Waals surface area contributed by atoms with E-state index in [1.807, 2.05) is 0 Å². The molecule has 0 aliphatic carbocycles. The van der Waals surface area contributed by atoms with Crippen LogP contribution in [0.5, 0.6) is 5.75 Å². The molecule has 1 aromatic carbocycles. The summed E-state index contributed by atoms with van der Waals surface area (Å²) in [4.78, 5) is 64.9. The number of nitrogens with zero attached hydrogens (tertiary/aromatic N) is 1. The third-order valence-electron chi connectivity index (χ3n) is 5.38. The smallest absolute Gasteiger partial charge is 0.326 e. The summed E-state index contributed by atoms with van der Waals surface area (Å²) in [6.45, 7) is -0.593. The number of guanidine groups is 1. The molecule has 216 valence electrons. The Morgan fingerprint density at radius 2 is 1.38 bits per heavy atom. The lowest BCUT2D eigenvalue weighted by Crippen LogP contribution is -2.57. The number of benzene rings is 1. The Hall–Kier alpha value is -4.44. The number of aliphatic hydroxyl groups is 1. The van der Waals surface area contributed by atoms with Gasteiger partial charge in [-0.25, -0.2) is 4.79 Å². The van der Waals surface area contributed by atoms with Gasteiger partial charge in [-0.2, -0.15) is 0 Å². The maximum absolute atomic E-state index is 13.0. The van der Waals surface area contributed by atoms with Crippen molar-refractivity contribution in [1.29, 1.82) is 0 Å². The molecule has 0 aromatic heterocycles. The maximum Gasteiger partial charge on any atom is 0.326 e. The van der Waals surface area contributed by atoms with Gasteiger partial charge in [0.15, 0.2) is 5.96 Å². The summed E-state index contributed by atoms with van der Waals surface area (Å²) in [5.41, 5.74) is 16.5. The first-order valence-electron chi connectivity index (χ1n) is 11.9. The topological polar surface area (TPSA) is 293 Å². The number of hydrogen-bond donors (Lipinski definition) is 10. The average molecular weight is 554 g/mol. The number of nitrogens with two attached hydrogens (primary N) is 3. The second kappa shape index (κ2) is 16.4. The summed E-state index contributed by atoms with van der Waals surface area (Å²) in [7, 11) is 0. The molecule has 0 bridgehead atoms. The molecule has 4 unspecified atom stereocenters. The molecule has 3 amide bonds. The van der Waals surface area contributed by atoms with Gasteiger partial charge < -0.3 is 53.6 Å². The standard InChI is InChI=1S/C23H35N7O9/c24-14(11-31)19(35)28-15(2-1-9-27-23(25)26)20(36)29-16(7-8-18(33)34)21(37)30-17(22(38)39)10-12-3-5-13(32)6-4-12/h3-6,14-17,31-32H,1-2,7-11,24H2,(H,28,35)(H,29,36)(H,30,37)(H,33,34)(H,38,39)(H4,25,26,27). The number of carbonyl (C=O) groups excluding carboxylic acids is 3. The molecule has 0 radical (unpaired) electrons. The molecule has 16 heteroatoms. The van der Waals surface area contributed by atoms with Gasteiger partial charge in [-0.15, -0.1) is 0 Å². The molecule has 16 nitrogen and oxygen atoms in total. The van der Waals surface area contributed by atoms with E-state index < -0.39 is 66.9 Å². The van der Waals surface area contributed by atoms with E-state index in [0.29, 0.717) is 5.56 Å². The number of rotatable bonds is 17. The van der Waals surface area contributed by atoms with Gasteiger partial charge >= 0.3 is 11.9 Å². The minimum atomic E-state index is -1.47. The summed E-state index contributed by atoms with van der Waals surface area (Å²) in [6.07, 6.45) is -0.888. The molecule has 0 saturated carbocycles. The number of phenolic OH excluding ortho intramolecular Hbond substituents is 1. The summed E-state index contributed by atoms with van der Waals surface area (Å²) in [6, 6.07) is 0.105. The Kier molecular flexibility index (Phi) is 13.7. The third-order valence-corrected chi connectivity index (χ3v) is 5.38. The minimum Gasteiger partial charge on any atom is -0.508 e. The zero-order chi connectivity index (χ0) is 29.5. The van der Waals surface area contributed by atoms with Crippen LogP contribution in [0.3, 0.4) is 0 Å². The van der Waals surface area contributed by atoms with Gasteiger partial charge in [0, 0.05) is 19.4 Å². The Morgan fingerprint density at radius 3 is 1.90 bits per heavy atom. The Balaban J connectivity index is 3.06. The van der Waals surface area contributed by atoms with Crippen LogP contribution in [0.4, 0.5) is 0 Å². The van der Waals surface area contributed by atoms with Crippen LogP contribution in [0.2, 0.25) is 0 Å². The summed E-state index contributed by atoms with van der Waals surface area (Å²) < 4.78 is 0. The highest BCUT2D eigenvalue weighted by atomic mass is 16.4. The molecule has 0 saturated heterocycles. The number of carboxylic acids is 2. The maximum atomic E-state index is 13.0. The zero-order valence-electron chi connectivity index (χ0n) is 21.1. The molecule has 0 heterocycles. The van der Waals surface area contributed by atoms with Crippen molar-refractivity contribution in [1.82, 2.24) is 16.0 Å². The second-order valence-electron chi connectivity index (χ2n) is 8.56. The molecule has 1 aromatic rings. The molecule has 13 N–H and O–H groups in total. The third kappa shape index (κ3) is 12.6. The number of carboxylic acid groups (broad SMARTS) is 2. The molecule has 0 aliphatic rings. The van der Waals surface area contributed by atoms with Crippen LogP contribution in [-0.2, 0) is 30.4 Å². The SMILES string of the molecule is NC(N)=NCCCC(NC(=O)C(N)CO)C(=O)NC(CCC(=O)O)C(=O)NC(Cc1ccc(O)cc1)C(=O)O. The highest BCUT2D eigenvalue weighted by molar-refractivity contribution is 5.94. The van der Waals surface area contributed by atoms with E-state index in [1.54, 1.807) is 0 Å². The van der Waals surface area contributed by atoms with Crippen LogP contribution in [0.25, 0.3) is 0 Å². The molecule has 39 heavy (non-hydrogen) atoms. The average Bonchev–Trinajstić information content (AvgIpc) is 2.87. The monoisotopic (exact) mass is 553 g/mol. The fraction of sp³-hybridized carbons (Fsp3) is 0.478. The Bertz CT molecular complexity index is 1030. The number of nitrogens with one attached hydrogen (secondary N) is 3. The number of aromatic hydroxyl groups is 1. The van der Waals surface area contributed by atoms with Gasteiger partial charge in [0.1, 0.15) is 29.9 Å². The van der Waals surface area contributed by atoms with E-state index >= 15 is 0 Å². The van der Waals surface area contributed by atoms with Gasteiger partial charge in [0.25, 0.3) is 0 Å². The summed E-state index contributed by atoms with van der Waals surface area (Å²) >= 11 is 0. The van der Waals surface area contributed by atoms with Crippen molar-refractivity contribution in [3.05, 3.63) is 29.8 Å². The van der Waals surface area contributed by atoms with Gasteiger partial charge in [-0.3, -0.25) is 24.2 Å². The molecule has 1 rings (SSSR count). The first-order valence-corrected chi connectivity index (χ1v) is 11.9. The van der Waals surface area contributed by atoms with Crippen molar-refractivity contribution in [3.8, 4) is 5.75 Å². The quantitative estimate of drug-likeness (QED) is 0.0516. The first-order chi connectivity index (χ1) is 18.3. The molecule has 0 spiro atoms. The van der Waals surface area contributed by atoms with E-state index in [0.717, 1.165) is 0 Å². The number of carbonyl (C=O) groups is 5. The van der Waals surface area contributed by atoms with Gasteiger partial charge in [0.05, 0.1) is 6.61 Å². The fourth-order valence-electron chi connectivity index (χ4n) is 3.28. The first kappa shape index (κ1) is 32.6. The van der Waals surface area contributed by atoms with Crippen LogP contribution in [0.15, 0.2) is 29.3 Å². The highest BCUT2D eigenvalue weighted by Gasteiger charge is 2.30. The molecular formula is C23H35N7O9. The van der Waals surface area contributed by atoms with Crippen molar-refractivity contribution in [2.75, 3.05) is 13.2 Å². The second-order valence-corrected chi connectivity index (χ2v) is 8.56.